The van der Waals surface area contributed by atoms with Crippen molar-refractivity contribution in [3.63, 3.8) is 0 Å². The molecule has 59 heavy (non-hydrogen) atoms. The standard InChI is InChI=1S/C54H34N4S/c1-4-16-35(17-5-1)44-33-46-42-25-13-15-27-50(42)59-51(46)34-49(44)58(39-29-31-48-45(32-39)41-24-12-14-26-47(41)57(48)38-21-8-3-9-22-38)54-55-52(37-19-6-2-7-20-37)43-30-28-36-18-10-11-23-40(36)53(43)56-54/h1-34H. The van der Waals surface area contributed by atoms with Gasteiger partial charge in [-0.15, -0.1) is 11.3 Å². The van der Waals surface area contributed by atoms with E-state index < -0.39 is 0 Å². The summed E-state index contributed by atoms with van der Waals surface area (Å²) in [4.78, 5) is 13.5. The van der Waals surface area contributed by atoms with Crippen LogP contribution < -0.4 is 4.90 Å². The highest BCUT2D eigenvalue weighted by molar-refractivity contribution is 7.25. The molecule has 0 bridgehead atoms. The maximum absolute atomic E-state index is 5.61. The molecule has 0 unspecified atom stereocenters. The van der Waals surface area contributed by atoms with Crippen molar-refractivity contribution in [2.45, 2.75) is 0 Å². The molecule has 12 aromatic rings. The van der Waals surface area contributed by atoms with Gasteiger partial charge < -0.3 is 4.57 Å². The van der Waals surface area contributed by atoms with E-state index in [0.29, 0.717) is 5.95 Å². The number of hydrogen-bond donors (Lipinski definition) is 0. The molecule has 0 radical (unpaired) electrons. The van der Waals surface area contributed by atoms with Gasteiger partial charge in [0.05, 0.1) is 27.9 Å². The molecule has 4 nitrogen and oxygen atoms in total. The van der Waals surface area contributed by atoms with Gasteiger partial charge in [-0.25, -0.2) is 9.97 Å². The average Bonchev–Trinajstić information content (AvgIpc) is 3.84. The lowest BCUT2D eigenvalue weighted by molar-refractivity contribution is 1.12. The molecule has 0 N–H and O–H groups in total. The molecule has 276 valence electrons. The van der Waals surface area contributed by atoms with E-state index in [1.54, 1.807) is 0 Å². The summed E-state index contributed by atoms with van der Waals surface area (Å²) in [5, 5.41) is 8.10. The van der Waals surface area contributed by atoms with Gasteiger partial charge in [0.1, 0.15) is 0 Å². The molecule has 3 heterocycles. The van der Waals surface area contributed by atoms with E-state index in [9.17, 15) is 0 Å². The van der Waals surface area contributed by atoms with Crippen molar-refractivity contribution in [1.82, 2.24) is 14.5 Å². The summed E-state index contributed by atoms with van der Waals surface area (Å²) in [7, 11) is 0. The summed E-state index contributed by atoms with van der Waals surface area (Å²) in [5.41, 5.74) is 10.5. The Morgan fingerprint density at radius 3 is 1.90 bits per heavy atom. The zero-order valence-electron chi connectivity index (χ0n) is 31.8. The number of para-hydroxylation sites is 2. The molecule has 9 aromatic carbocycles. The van der Waals surface area contributed by atoms with Crippen molar-refractivity contribution in [3.8, 4) is 28.1 Å². The summed E-state index contributed by atoms with van der Waals surface area (Å²) in [5.74, 6) is 0.608. The highest BCUT2D eigenvalue weighted by Crippen LogP contribution is 2.47. The fourth-order valence-corrected chi connectivity index (χ4v) is 10.0. The van der Waals surface area contributed by atoms with Gasteiger partial charge in [-0.3, -0.25) is 4.90 Å². The number of anilines is 3. The van der Waals surface area contributed by atoms with Crippen LogP contribution in [0.1, 0.15) is 0 Å². The number of benzene rings is 9. The van der Waals surface area contributed by atoms with Gasteiger partial charge in [-0.1, -0.05) is 146 Å². The largest absolute Gasteiger partial charge is 0.309 e. The van der Waals surface area contributed by atoms with Gasteiger partial charge in [0, 0.05) is 64.2 Å². The molecule has 12 rings (SSSR count). The highest BCUT2D eigenvalue weighted by Gasteiger charge is 2.25. The summed E-state index contributed by atoms with van der Waals surface area (Å²) < 4.78 is 4.84. The van der Waals surface area contributed by atoms with Crippen LogP contribution in [-0.2, 0) is 0 Å². The Morgan fingerprint density at radius 1 is 0.424 bits per heavy atom. The Balaban J connectivity index is 1.22. The van der Waals surface area contributed by atoms with Gasteiger partial charge >= 0.3 is 0 Å². The van der Waals surface area contributed by atoms with Crippen molar-refractivity contribution >= 4 is 92.3 Å². The Hall–Kier alpha value is -7.60. The maximum Gasteiger partial charge on any atom is 0.235 e. The van der Waals surface area contributed by atoms with Crippen LogP contribution >= 0.6 is 11.3 Å². The minimum absolute atomic E-state index is 0.608. The Kier molecular flexibility index (Phi) is 7.68. The van der Waals surface area contributed by atoms with Crippen LogP contribution in [0.2, 0.25) is 0 Å². The van der Waals surface area contributed by atoms with E-state index in [-0.39, 0.29) is 0 Å². The van der Waals surface area contributed by atoms with Crippen molar-refractivity contribution in [2.75, 3.05) is 4.90 Å². The molecule has 3 aromatic heterocycles. The van der Waals surface area contributed by atoms with Crippen molar-refractivity contribution < 1.29 is 0 Å². The summed E-state index contributed by atoms with van der Waals surface area (Å²) >= 11 is 1.83. The molecule has 0 saturated heterocycles. The second kappa shape index (κ2) is 13.5. The molecule has 5 heteroatoms. The SMILES string of the molecule is c1ccc(-c2cc3c(cc2N(c2ccc4c(c2)c2ccccc2n4-c2ccccc2)c2nc(-c4ccccc4)c4ccc5ccccc5c4n2)sc2ccccc23)cc1. The van der Waals surface area contributed by atoms with Gasteiger partial charge in [0.15, 0.2) is 0 Å². The lowest BCUT2D eigenvalue weighted by atomic mass is 9.99. The minimum Gasteiger partial charge on any atom is -0.309 e. The number of fused-ring (bicyclic) bond motifs is 9. The molecule has 0 amide bonds. The van der Waals surface area contributed by atoms with Crippen LogP contribution in [-0.4, -0.2) is 14.5 Å². The number of hydrogen-bond acceptors (Lipinski definition) is 4. The van der Waals surface area contributed by atoms with Crippen LogP contribution in [0.15, 0.2) is 206 Å². The van der Waals surface area contributed by atoms with Gasteiger partial charge in [0.25, 0.3) is 0 Å². The maximum atomic E-state index is 5.61. The summed E-state index contributed by atoms with van der Waals surface area (Å²) in [6, 6.07) is 73.8. The van der Waals surface area contributed by atoms with Crippen LogP contribution in [0.25, 0.3) is 91.7 Å². The third-order valence-corrected chi connectivity index (χ3v) is 12.7. The van der Waals surface area contributed by atoms with E-state index in [2.05, 4.69) is 216 Å². The van der Waals surface area contributed by atoms with Gasteiger partial charge in [-0.2, -0.15) is 0 Å². The molecule has 0 saturated carbocycles. The quantitative estimate of drug-likeness (QED) is 0.158. The smallest absolute Gasteiger partial charge is 0.235 e. The highest BCUT2D eigenvalue weighted by atomic mass is 32.1. The number of nitrogens with zero attached hydrogens (tertiary/aromatic N) is 4. The first-order valence-corrected chi connectivity index (χ1v) is 20.7. The molecular weight excluding hydrogens is 737 g/mol. The first-order chi connectivity index (χ1) is 29.3. The molecular formula is C54H34N4S. The first-order valence-electron chi connectivity index (χ1n) is 19.9. The van der Waals surface area contributed by atoms with E-state index in [1.807, 2.05) is 11.3 Å². The molecule has 0 fully saturated rings. The zero-order chi connectivity index (χ0) is 38.9. The predicted octanol–water partition coefficient (Wildman–Crippen LogP) is 15.1. The first kappa shape index (κ1) is 33.5. The fourth-order valence-electron chi connectivity index (χ4n) is 8.88. The van der Waals surface area contributed by atoms with E-state index in [4.69, 9.17) is 9.97 Å². The Morgan fingerprint density at radius 2 is 1.08 bits per heavy atom. The van der Waals surface area contributed by atoms with Gasteiger partial charge in [0.2, 0.25) is 5.95 Å². The fraction of sp³-hybridized carbons (Fsp3) is 0. The van der Waals surface area contributed by atoms with E-state index >= 15 is 0 Å². The monoisotopic (exact) mass is 770 g/mol. The third-order valence-electron chi connectivity index (χ3n) is 11.6. The molecule has 0 aliphatic heterocycles. The van der Waals surface area contributed by atoms with Gasteiger partial charge in [-0.05, 0) is 71.6 Å². The molecule has 0 spiro atoms. The minimum atomic E-state index is 0.608. The Labute approximate surface area is 344 Å². The second-order valence-corrected chi connectivity index (χ2v) is 16.1. The molecule has 0 atom stereocenters. The molecule has 0 aliphatic rings. The zero-order valence-corrected chi connectivity index (χ0v) is 32.6. The lowest BCUT2D eigenvalue weighted by Gasteiger charge is -2.27. The van der Waals surface area contributed by atoms with Crippen LogP contribution in [0.5, 0.6) is 0 Å². The topological polar surface area (TPSA) is 34.0 Å². The second-order valence-electron chi connectivity index (χ2n) is 15.0. The van der Waals surface area contributed by atoms with Crippen molar-refractivity contribution in [2.24, 2.45) is 0 Å². The van der Waals surface area contributed by atoms with E-state index in [1.165, 1.54) is 25.6 Å². The lowest BCUT2D eigenvalue weighted by Crippen LogP contribution is -2.15. The number of rotatable bonds is 6. The normalized spacial score (nSPS) is 11.7. The van der Waals surface area contributed by atoms with Crippen molar-refractivity contribution in [3.05, 3.63) is 206 Å². The van der Waals surface area contributed by atoms with Crippen LogP contribution in [0.3, 0.4) is 0 Å². The van der Waals surface area contributed by atoms with Crippen LogP contribution in [0, 0.1) is 0 Å². The third kappa shape index (κ3) is 5.43. The number of thiophene rings is 1. The number of aromatic nitrogens is 3. The van der Waals surface area contributed by atoms with E-state index in [0.717, 1.165) is 77.5 Å². The van der Waals surface area contributed by atoms with Crippen molar-refractivity contribution in [1.29, 1.82) is 0 Å². The van der Waals surface area contributed by atoms with Crippen LogP contribution in [0.4, 0.5) is 17.3 Å². The summed E-state index contributed by atoms with van der Waals surface area (Å²) in [6.45, 7) is 0. The summed E-state index contributed by atoms with van der Waals surface area (Å²) in [6.07, 6.45) is 0. The average molecular weight is 771 g/mol. The molecule has 0 aliphatic carbocycles. The predicted molar refractivity (Wildman–Crippen MR) is 250 cm³/mol. The Bertz CT molecular complexity index is 3560.